The van der Waals surface area contributed by atoms with E-state index in [2.05, 4.69) is 0 Å². The average Bonchev–Trinajstić information content (AvgIpc) is 2.38. The van der Waals surface area contributed by atoms with E-state index in [1.807, 2.05) is 6.92 Å². The van der Waals surface area contributed by atoms with Gasteiger partial charge in [0, 0.05) is 11.4 Å². The fraction of sp³-hybridized carbons (Fsp3) is 0.0714. The lowest BCUT2D eigenvalue weighted by Crippen LogP contribution is -2.01. The Morgan fingerprint density at radius 3 is 1.85 bits per heavy atom. The number of carboxylic acid groups (broad SMARTS) is 1. The van der Waals surface area contributed by atoms with Crippen LogP contribution in [0.3, 0.4) is 0 Å². The zero-order valence-corrected chi connectivity index (χ0v) is 10.9. The van der Waals surface area contributed by atoms with E-state index >= 15 is 0 Å². The molecular formula is C14H16N2O4. The lowest BCUT2D eigenvalue weighted by atomic mass is 10.2. The first-order valence-corrected chi connectivity index (χ1v) is 5.68. The molecule has 0 unspecified atom stereocenters. The number of hydrogen-bond donors (Lipinski definition) is 5. The number of hydrogen-bond acceptors (Lipinski definition) is 5. The van der Waals surface area contributed by atoms with E-state index in [0.29, 0.717) is 5.69 Å². The SMILES string of the molecule is Cc1cc(O)ccc1N.Nc1ccc(O)cc1C(=O)O. The standard InChI is InChI=1S/C7H7NO3.C7H9NO/c8-6-2-1-4(9)3-5(6)7(10)11;1-5-4-6(9)2-3-7(5)8/h1-3,9H,8H2,(H,10,11);2-4,9H,8H2,1H3. The van der Waals surface area contributed by atoms with Gasteiger partial charge < -0.3 is 26.8 Å². The Labute approximate surface area is 115 Å². The van der Waals surface area contributed by atoms with Crippen molar-refractivity contribution in [2.45, 2.75) is 6.92 Å². The van der Waals surface area contributed by atoms with E-state index in [0.717, 1.165) is 11.6 Å². The number of benzene rings is 2. The summed E-state index contributed by atoms with van der Waals surface area (Å²) < 4.78 is 0. The van der Waals surface area contributed by atoms with Crippen molar-refractivity contribution in [3.63, 3.8) is 0 Å². The van der Waals surface area contributed by atoms with Gasteiger partial charge >= 0.3 is 5.97 Å². The molecule has 0 atom stereocenters. The normalized spacial score (nSPS) is 9.45. The maximum absolute atomic E-state index is 10.4. The van der Waals surface area contributed by atoms with Crippen molar-refractivity contribution in [2.75, 3.05) is 11.5 Å². The summed E-state index contributed by atoms with van der Waals surface area (Å²) in [5.41, 5.74) is 12.5. The number of nitrogens with two attached hydrogens (primary N) is 2. The molecule has 2 aromatic carbocycles. The first kappa shape index (κ1) is 15.2. The summed E-state index contributed by atoms with van der Waals surface area (Å²) >= 11 is 0. The Hall–Kier alpha value is -2.89. The summed E-state index contributed by atoms with van der Waals surface area (Å²) in [5, 5.41) is 26.2. The van der Waals surface area contributed by atoms with Crippen LogP contribution >= 0.6 is 0 Å². The predicted molar refractivity (Wildman–Crippen MR) is 76.7 cm³/mol. The van der Waals surface area contributed by atoms with E-state index in [1.54, 1.807) is 18.2 Å². The number of aromatic hydroxyl groups is 2. The number of carboxylic acids is 1. The van der Waals surface area contributed by atoms with Crippen LogP contribution in [0.5, 0.6) is 11.5 Å². The summed E-state index contributed by atoms with van der Waals surface area (Å²) in [6.07, 6.45) is 0. The lowest BCUT2D eigenvalue weighted by Gasteiger charge is -1.99. The smallest absolute Gasteiger partial charge is 0.337 e. The lowest BCUT2D eigenvalue weighted by molar-refractivity contribution is 0.0697. The van der Waals surface area contributed by atoms with Crippen molar-refractivity contribution < 1.29 is 20.1 Å². The third-order valence-electron chi connectivity index (χ3n) is 2.52. The molecule has 6 heteroatoms. The highest BCUT2D eigenvalue weighted by Crippen LogP contribution is 2.18. The van der Waals surface area contributed by atoms with Gasteiger partial charge in [-0.2, -0.15) is 0 Å². The molecule has 7 N–H and O–H groups in total. The Morgan fingerprint density at radius 1 is 0.950 bits per heavy atom. The molecule has 0 aromatic heterocycles. The van der Waals surface area contributed by atoms with Crippen molar-refractivity contribution in [1.82, 2.24) is 0 Å². The predicted octanol–water partition coefficient (Wildman–Crippen LogP) is 1.96. The van der Waals surface area contributed by atoms with Gasteiger partial charge in [0.2, 0.25) is 0 Å². The Morgan fingerprint density at radius 2 is 1.45 bits per heavy atom. The molecular weight excluding hydrogens is 260 g/mol. The third-order valence-corrected chi connectivity index (χ3v) is 2.52. The first-order valence-electron chi connectivity index (χ1n) is 5.68. The summed E-state index contributed by atoms with van der Waals surface area (Å²) in [6, 6.07) is 8.68. The number of aryl methyl sites for hydroxylation is 1. The number of nitrogen functional groups attached to an aromatic ring is 2. The molecule has 0 saturated carbocycles. The van der Waals surface area contributed by atoms with Gasteiger partial charge in [0.15, 0.2) is 0 Å². The molecule has 2 rings (SSSR count). The second-order valence-corrected chi connectivity index (χ2v) is 4.12. The van der Waals surface area contributed by atoms with Crippen LogP contribution in [-0.2, 0) is 0 Å². The van der Waals surface area contributed by atoms with Crippen LogP contribution in [-0.4, -0.2) is 21.3 Å². The second-order valence-electron chi connectivity index (χ2n) is 4.12. The highest BCUT2D eigenvalue weighted by Gasteiger charge is 2.07. The molecule has 20 heavy (non-hydrogen) atoms. The molecule has 0 aliphatic heterocycles. The number of phenolic OH excluding ortho intramolecular Hbond substituents is 2. The second kappa shape index (κ2) is 6.33. The van der Waals surface area contributed by atoms with E-state index in [4.69, 9.17) is 26.8 Å². The van der Waals surface area contributed by atoms with E-state index in [1.165, 1.54) is 12.1 Å². The van der Waals surface area contributed by atoms with Crippen molar-refractivity contribution in [3.05, 3.63) is 47.5 Å². The van der Waals surface area contributed by atoms with Crippen LogP contribution in [0.1, 0.15) is 15.9 Å². The molecule has 0 spiro atoms. The van der Waals surface area contributed by atoms with Crippen LogP contribution < -0.4 is 11.5 Å². The van der Waals surface area contributed by atoms with Crippen molar-refractivity contribution in [1.29, 1.82) is 0 Å². The van der Waals surface area contributed by atoms with Gasteiger partial charge in [0.25, 0.3) is 0 Å². The molecule has 0 aliphatic carbocycles. The Balaban J connectivity index is 0.000000204. The van der Waals surface area contributed by atoms with Gasteiger partial charge in [0.1, 0.15) is 11.5 Å². The minimum atomic E-state index is -1.14. The molecule has 0 amide bonds. The van der Waals surface area contributed by atoms with Gasteiger partial charge in [-0.3, -0.25) is 0 Å². The van der Waals surface area contributed by atoms with Crippen molar-refractivity contribution >= 4 is 17.3 Å². The molecule has 0 bridgehead atoms. The number of carbonyl (C=O) groups is 1. The minimum absolute atomic E-state index is 0.0787. The molecule has 0 saturated heterocycles. The van der Waals surface area contributed by atoms with Gasteiger partial charge in [0.05, 0.1) is 5.56 Å². The van der Waals surface area contributed by atoms with E-state index in [9.17, 15) is 4.79 Å². The van der Waals surface area contributed by atoms with Crippen LogP contribution in [0.25, 0.3) is 0 Å². The first-order chi connectivity index (χ1) is 9.31. The van der Waals surface area contributed by atoms with Crippen LogP contribution in [0.15, 0.2) is 36.4 Å². The summed E-state index contributed by atoms with van der Waals surface area (Å²) in [6.45, 7) is 1.86. The van der Waals surface area contributed by atoms with Gasteiger partial charge in [-0.15, -0.1) is 0 Å². The van der Waals surface area contributed by atoms with Gasteiger partial charge in [-0.1, -0.05) is 0 Å². The molecule has 6 nitrogen and oxygen atoms in total. The Kier molecular flexibility index (Phi) is 4.80. The maximum Gasteiger partial charge on any atom is 0.337 e. The van der Waals surface area contributed by atoms with E-state index < -0.39 is 5.97 Å². The van der Waals surface area contributed by atoms with Crippen LogP contribution in [0, 0.1) is 6.92 Å². The largest absolute Gasteiger partial charge is 0.508 e. The van der Waals surface area contributed by atoms with E-state index in [-0.39, 0.29) is 22.7 Å². The summed E-state index contributed by atoms with van der Waals surface area (Å²) in [5.74, 6) is -0.975. The Bertz CT molecular complexity index is 627. The highest BCUT2D eigenvalue weighted by atomic mass is 16.4. The number of aromatic carboxylic acids is 1. The summed E-state index contributed by atoms with van der Waals surface area (Å²) in [7, 11) is 0. The zero-order chi connectivity index (χ0) is 15.3. The highest BCUT2D eigenvalue weighted by molar-refractivity contribution is 5.94. The maximum atomic E-state index is 10.4. The average molecular weight is 276 g/mol. The summed E-state index contributed by atoms with van der Waals surface area (Å²) in [4.78, 5) is 10.4. The zero-order valence-electron chi connectivity index (χ0n) is 10.9. The van der Waals surface area contributed by atoms with Gasteiger partial charge in [-0.25, -0.2) is 4.79 Å². The minimum Gasteiger partial charge on any atom is -0.508 e. The number of anilines is 2. The third kappa shape index (κ3) is 4.09. The topological polar surface area (TPSA) is 130 Å². The van der Waals surface area contributed by atoms with Gasteiger partial charge in [-0.05, 0) is 48.9 Å². The monoisotopic (exact) mass is 276 g/mol. The molecule has 0 radical (unpaired) electrons. The van der Waals surface area contributed by atoms with Crippen molar-refractivity contribution in [2.24, 2.45) is 0 Å². The molecule has 106 valence electrons. The fourth-order valence-corrected chi connectivity index (χ4v) is 1.39. The molecule has 0 aliphatic rings. The molecule has 0 heterocycles. The fourth-order valence-electron chi connectivity index (χ4n) is 1.39. The molecule has 0 fully saturated rings. The number of phenols is 2. The van der Waals surface area contributed by atoms with Crippen molar-refractivity contribution in [3.8, 4) is 11.5 Å². The van der Waals surface area contributed by atoms with Crippen LogP contribution in [0.2, 0.25) is 0 Å². The quantitative estimate of drug-likeness (QED) is 0.400. The van der Waals surface area contributed by atoms with Crippen LogP contribution in [0.4, 0.5) is 11.4 Å². The number of rotatable bonds is 1. The molecule has 2 aromatic rings.